The number of carboxylic acid groups (broad SMARTS) is 1. The van der Waals surface area contributed by atoms with Crippen LogP contribution in [0.2, 0.25) is 0 Å². The molecule has 0 heterocycles. The highest BCUT2D eigenvalue weighted by atomic mass is 16.4. The highest BCUT2D eigenvalue weighted by Gasteiger charge is 2.29. The SMILES string of the molecule is CC1=CC=CCC1(C)CCc1cccc(C(=O)O)c1C(C)(C)C. The molecule has 0 saturated carbocycles. The highest BCUT2D eigenvalue weighted by molar-refractivity contribution is 5.90. The molecule has 0 bridgehead atoms. The van der Waals surface area contributed by atoms with E-state index in [1.807, 2.05) is 6.07 Å². The predicted molar refractivity (Wildman–Crippen MR) is 96.0 cm³/mol. The Morgan fingerprint density at radius 1 is 1.30 bits per heavy atom. The van der Waals surface area contributed by atoms with Gasteiger partial charge >= 0.3 is 5.97 Å². The minimum atomic E-state index is -0.834. The Morgan fingerprint density at radius 2 is 2.00 bits per heavy atom. The van der Waals surface area contributed by atoms with Crippen LogP contribution in [-0.4, -0.2) is 11.1 Å². The summed E-state index contributed by atoms with van der Waals surface area (Å²) in [7, 11) is 0. The Kier molecular flexibility index (Phi) is 4.84. The van der Waals surface area contributed by atoms with Gasteiger partial charge in [-0.3, -0.25) is 0 Å². The first-order valence-corrected chi connectivity index (χ1v) is 8.35. The molecule has 1 aliphatic carbocycles. The summed E-state index contributed by atoms with van der Waals surface area (Å²) in [5.41, 5.74) is 3.99. The van der Waals surface area contributed by atoms with Crippen molar-refractivity contribution < 1.29 is 9.90 Å². The molecule has 2 nitrogen and oxygen atoms in total. The molecule has 0 spiro atoms. The van der Waals surface area contributed by atoms with E-state index in [0.717, 1.165) is 24.8 Å². The molecule has 0 fully saturated rings. The number of aromatic carboxylic acids is 1. The summed E-state index contributed by atoms with van der Waals surface area (Å²) in [6, 6.07) is 5.69. The second kappa shape index (κ2) is 6.35. The van der Waals surface area contributed by atoms with Crippen molar-refractivity contribution in [2.24, 2.45) is 5.41 Å². The van der Waals surface area contributed by atoms with Crippen LogP contribution < -0.4 is 0 Å². The van der Waals surface area contributed by atoms with E-state index >= 15 is 0 Å². The van der Waals surface area contributed by atoms with E-state index in [2.05, 4.69) is 58.9 Å². The van der Waals surface area contributed by atoms with Crippen molar-refractivity contribution in [1.29, 1.82) is 0 Å². The highest BCUT2D eigenvalue weighted by Crippen LogP contribution is 2.40. The lowest BCUT2D eigenvalue weighted by atomic mass is 9.72. The third-order valence-corrected chi connectivity index (χ3v) is 5.08. The molecule has 2 rings (SSSR count). The van der Waals surface area contributed by atoms with Crippen molar-refractivity contribution in [3.05, 3.63) is 58.7 Å². The minimum absolute atomic E-state index is 0.170. The van der Waals surface area contributed by atoms with Crippen LogP contribution in [-0.2, 0) is 11.8 Å². The Bertz CT molecular complexity index is 659. The molecule has 124 valence electrons. The van der Waals surface area contributed by atoms with Gasteiger partial charge in [0.15, 0.2) is 0 Å². The maximum Gasteiger partial charge on any atom is 0.335 e. The average molecular weight is 312 g/mol. The molecule has 0 saturated heterocycles. The van der Waals surface area contributed by atoms with Crippen LogP contribution in [0, 0.1) is 5.41 Å². The Hall–Kier alpha value is -1.83. The van der Waals surface area contributed by atoms with Crippen LogP contribution in [0.5, 0.6) is 0 Å². The van der Waals surface area contributed by atoms with Crippen LogP contribution in [0.3, 0.4) is 0 Å². The maximum absolute atomic E-state index is 11.6. The van der Waals surface area contributed by atoms with Crippen LogP contribution in [0.1, 0.15) is 68.9 Å². The van der Waals surface area contributed by atoms with Gasteiger partial charge in [-0.05, 0) is 54.2 Å². The smallest absolute Gasteiger partial charge is 0.335 e. The lowest BCUT2D eigenvalue weighted by molar-refractivity contribution is 0.0694. The van der Waals surface area contributed by atoms with Crippen LogP contribution in [0.25, 0.3) is 0 Å². The van der Waals surface area contributed by atoms with Gasteiger partial charge in [-0.2, -0.15) is 0 Å². The zero-order valence-electron chi connectivity index (χ0n) is 14.9. The zero-order chi connectivity index (χ0) is 17.3. The van der Waals surface area contributed by atoms with E-state index in [0.29, 0.717) is 5.56 Å². The van der Waals surface area contributed by atoms with Crippen LogP contribution >= 0.6 is 0 Å². The summed E-state index contributed by atoms with van der Waals surface area (Å²) in [5.74, 6) is -0.834. The number of rotatable bonds is 4. The molecule has 0 amide bonds. The Labute approximate surface area is 139 Å². The molecule has 1 atom stereocenters. The second-order valence-corrected chi connectivity index (χ2v) is 7.94. The third-order valence-electron chi connectivity index (χ3n) is 5.08. The van der Waals surface area contributed by atoms with E-state index in [4.69, 9.17) is 0 Å². The van der Waals surface area contributed by atoms with E-state index in [-0.39, 0.29) is 10.8 Å². The summed E-state index contributed by atoms with van der Waals surface area (Å²) < 4.78 is 0. The standard InChI is InChI=1S/C21H28O2/c1-15-9-6-7-13-21(15,5)14-12-16-10-8-11-17(19(22)23)18(16)20(2,3)4/h6-11H,12-14H2,1-5H3,(H,22,23). The number of carboxylic acids is 1. The zero-order valence-corrected chi connectivity index (χ0v) is 14.9. The Balaban J connectivity index is 2.34. The lowest BCUT2D eigenvalue weighted by Gasteiger charge is -2.33. The summed E-state index contributed by atoms with van der Waals surface area (Å²) >= 11 is 0. The van der Waals surface area contributed by atoms with Gasteiger partial charge in [0, 0.05) is 0 Å². The fourth-order valence-electron chi connectivity index (χ4n) is 3.48. The first-order chi connectivity index (χ1) is 10.6. The normalized spacial score (nSPS) is 21.2. The van der Waals surface area contributed by atoms with Crippen molar-refractivity contribution >= 4 is 5.97 Å². The average Bonchev–Trinajstić information content (AvgIpc) is 2.47. The summed E-state index contributed by atoms with van der Waals surface area (Å²) in [5, 5.41) is 9.54. The van der Waals surface area contributed by atoms with Crippen LogP contribution in [0.15, 0.2) is 42.0 Å². The van der Waals surface area contributed by atoms with Gasteiger partial charge in [0.05, 0.1) is 5.56 Å². The maximum atomic E-state index is 11.6. The molecule has 1 aromatic carbocycles. The van der Waals surface area contributed by atoms with Crippen molar-refractivity contribution in [2.75, 3.05) is 0 Å². The van der Waals surface area contributed by atoms with E-state index in [1.165, 1.54) is 11.1 Å². The lowest BCUT2D eigenvalue weighted by Crippen LogP contribution is -2.23. The number of aryl methyl sites for hydroxylation is 1. The number of allylic oxidation sites excluding steroid dienone is 4. The van der Waals surface area contributed by atoms with Gasteiger partial charge < -0.3 is 5.11 Å². The first-order valence-electron chi connectivity index (χ1n) is 8.35. The largest absolute Gasteiger partial charge is 0.478 e. The van der Waals surface area contributed by atoms with E-state index in [1.54, 1.807) is 6.07 Å². The fraction of sp³-hybridized carbons (Fsp3) is 0.476. The van der Waals surface area contributed by atoms with Gasteiger partial charge in [-0.25, -0.2) is 4.79 Å². The first kappa shape index (κ1) is 17.5. The van der Waals surface area contributed by atoms with Crippen molar-refractivity contribution in [2.45, 2.75) is 59.3 Å². The molecule has 23 heavy (non-hydrogen) atoms. The third kappa shape index (κ3) is 3.74. The van der Waals surface area contributed by atoms with Gasteiger partial charge in [-0.1, -0.05) is 63.6 Å². The van der Waals surface area contributed by atoms with Crippen molar-refractivity contribution in [3.63, 3.8) is 0 Å². The number of hydrogen-bond acceptors (Lipinski definition) is 1. The molecule has 1 aliphatic rings. The molecule has 1 aromatic rings. The summed E-state index contributed by atoms with van der Waals surface area (Å²) in [4.78, 5) is 11.6. The van der Waals surface area contributed by atoms with Gasteiger partial charge in [0.1, 0.15) is 0 Å². The van der Waals surface area contributed by atoms with Gasteiger partial charge in [0.2, 0.25) is 0 Å². The molecule has 1 unspecified atom stereocenters. The van der Waals surface area contributed by atoms with Crippen molar-refractivity contribution in [1.82, 2.24) is 0 Å². The second-order valence-electron chi connectivity index (χ2n) is 7.94. The molecule has 1 N–H and O–H groups in total. The summed E-state index contributed by atoms with van der Waals surface area (Å²) in [6.07, 6.45) is 9.55. The minimum Gasteiger partial charge on any atom is -0.478 e. The number of benzene rings is 1. The quantitative estimate of drug-likeness (QED) is 0.794. The molecule has 0 radical (unpaired) electrons. The monoisotopic (exact) mass is 312 g/mol. The Morgan fingerprint density at radius 3 is 2.57 bits per heavy atom. The molecular weight excluding hydrogens is 284 g/mol. The molecule has 0 aliphatic heterocycles. The fourth-order valence-corrected chi connectivity index (χ4v) is 3.48. The van der Waals surface area contributed by atoms with Gasteiger partial charge in [0.25, 0.3) is 0 Å². The predicted octanol–water partition coefficient (Wildman–Crippen LogP) is 5.53. The molecule has 0 aromatic heterocycles. The summed E-state index contributed by atoms with van der Waals surface area (Å²) in [6.45, 7) is 10.8. The number of carbonyl (C=O) groups is 1. The van der Waals surface area contributed by atoms with Gasteiger partial charge in [-0.15, -0.1) is 0 Å². The molecular formula is C21H28O2. The van der Waals surface area contributed by atoms with Crippen LogP contribution in [0.4, 0.5) is 0 Å². The number of hydrogen-bond donors (Lipinski definition) is 1. The van der Waals surface area contributed by atoms with E-state index in [9.17, 15) is 9.90 Å². The topological polar surface area (TPSA) is 37.3 Å². The molecule has 2 heteroatoms. The van der Waals surface area contributed by atoms with E-state index < -0.39 is 5.97 Å². The van der Waals surface area contributed by atoms with Crippen molar-refractivity contribution in [3.8, 4) is 0 Å².